The van der Waals surface area contributed by atoms with Gasteiger partial charge in [-0.05, 0) is 49.9 Å². The molecule has 2 fully saturated rings. The number of fused-ring (bicyclic) bond motifs is 1. The summed E-state index contributed by atoms with van der Waals surface area (Å²) in [5, 5.41) is 11.1. The molecular weight excluding hydrogens is 325 g/mol. The van der Waals surface area contributed by atoms with Crippen molar-refractivity contribution in [2.24, 2.45) is 11.0 Å². The Bertz CT molecular complexity index is 578. The van der Waals surface area contributed by atoms with Gasteiger partial charge in [-0.1, -0.05) is 45.2 Å². The lowest BCUT2D eigenvalue weighted by molar-refractivity contribution is 0.0838. The van der Waals surface area contributed by atoms with Gasteiger partial charge < -0.3 is 5.32 Å². The second kappa shape index (κ2) is 9.50. The van der Waals surface area contributed by atoms with E-state index in [1.807, 2.05) is 26.0 Å². The third-order valence-electron chi connectivity index (χ3n) is 5.97. The molecule has 1 N–H and O–H groups in total. The Labute approximate surface area is 158 Å². The molecule has 3 nitrogen and oxygen atoms in total. The number of nitrogens with one attached hydrogen (secondary N) is 1. The lowest BCUT2D eigenvalue weighted by Gasteiger charge is -2.43. The van der Waals surface area contributed by atoms with E-state index in [9.17, 15) is 4.39 Å². The van der Waals surface area contributed by atoms with Crippen molar-refractivity contribution in [3.05, 3.63) is 35.6 Å². The zero-order valence-electron chi connectivity index (χ0n) is 16.4. The van der Waals surface area contributed by atoms with Crippen molar-refractivity contribution in [2.45, 2.75) is 77.3 Å². The van der Waals surface area contributed by atoms with Gasteiger partial charge >= 0.3 is 0 Å². The number of halogens is 1. The Morgan fingerprint density at radius 1 is 1.00 bits per heavy atom. The summed E-state index contributed by atoms with van der Waals surface area (Å²) >= 11 is 0. The summed E-state index contributed by atoms with van der Waals surface area (Å²) in [5.74, 6) is 0.427. The molecule has 2 aliphatic heterocycles. The first-order valence-electron chi connectivity index (χ1n) is 10.6. The van der Waals surface area contributed by atoms with Crippen LogP contribution in [0.2, 0.25) is 0 Å². The zero-order chi connectivity index (χ0) is 18.4. The average molecular weight is 360 g/mol. The minimum Gasteiger partial charge on any atom is -0.316 e. The van der Waals surface area contributed by atoms with Crippen molar-refractivity contribution >= 4 is 5.71 Å². The highest BCUT2D eigenvalue weighted by Crippen LogP contribution is 2.39. The molecule has 0 bridgehead atoms. The van der Waals surface area contributed by atoms with Crippen LogP contribution in [0.3, 0.4) is 0 Å². The highest BCUT2D eigenvalue weighted by molar-refractivity contribution is 5.87. The van der Waals surface area contributed by atoms with E-state index >= 15 is 0 Å². The van der Waals surface area contributed by atoms with Gasteiger partial charge in [-0.3, -0.25) is 5.01 Å². The zero-order valence-corrected chi connectivity index (χ0v) is 16.4. The fourth-order valence-corrected chi connectivity index (χ4v) is 4.62. The Morgan fingerprint density at radius 2 is 1.73 bits per heavy atom. The third kappa shape index (κ3) is 4.46. The van der Waals surface area contributed by atoms with Crippen LogP contribution in [0.1, 0.15) is 76.8 Å². The fraction of sp³-hybridized carbons (Fsp3) is 0.682. The molecule has 144 valence electrons. The SMILES string of the molecule is CC.Fc1ccc(C2CC3CCNCCC3=NN2C2CCCCC2)cc1. The summed E-state index contributed by atoms with van der Waals surface area (Å²) in [6, 6.07) is 7.99. The second-order valence-electron chi connectivity index (χ2n) is 7.55. The van der Waals surface area contributed by atoms with Gasteiger partial charge in [0.05, 0.1) is 6.04 Å². The number of hydrogen-bond acceptors (Lipinski definition) is 3. The lowest BCUT2D eigenvalue weighted by Crippen LogP contribution is -2.42. The average Bonchev–Trinajstić information content (AvgIpc) is 2.95. The summed E-state index contributed by atoms with van der Waals surface area (Å²) in [6.45, 7) is 6.14. The maximum Gasteiger partial charge on any atom is 0.123 e. The van der Waals surface area contributed by atoms with Crippen molar-refractivity contribution < 1.29 is 4.39 Å². The fourth-order valence-electron chi connectivity index (χ4n) is 4.62. The lowest BCUT2D eigenvalue weighted by atomic mass is 9.84. The second-order valence-corrected chi connectivity index (χ2v) is 7.55. The minimum absolute atomic E-state index is 0.151. The molecule has 1 saturated carbocycles. The van der Waals surface area contributed by atoms with E-state index in [4.69, 9.17) is 5.10 Å². The highest BCUT2D eigenvalue weighted by atomic mass is 19.1. The molecule has 0 aromatic heterocycles. The Morgan fingerprint density at radius 3 is 2.46 bits per heavy atom. The summed E-state index contributed by atoms with van der Waals surface area (Å²) in [6.07, 6.45) is 9.85. The van der Waals surface area contributed by atoms with E-state index in [-0.39, 0.29) is 5.82 Å². The molecule has 1 aromatic rings. The van der Waals surface area contributed by atoms with Crippen molar-refractivity contribution in [2.75, 3.05) is 13.1 Å². The molecule has 3 aliphatic rings. The largest absolute Gasteiger partial charge is 0.316 e. The molecule has 2 unspecified atom stereocenters. The molecule has 1 aromatic carbocycles. The van der Waals surface area contributed by atoms with Gasteiger partial charge in [0, 0.05) is 30.6 Å². The first kappa shape index (κ1) is 19.3. The monoisotopic (exact) mass is 359 g/mol. The first-order valence-corrected chi connectivity index (χ1v) is 10.6. The van der Waals surface area contributed by atoms with Gasteiger partial charge in [0.15, 0.2) is 0 Å². The van der Waals surface area contributed by atoms with Crippen LogP contribution in [0.5, 0.6) is 0 Å². The topological polar surface area (TPSA) is 27.6 Å². The third-order valence-corrected chi connectivity index (χ3v) is 5.97. The van der Waals surface area contributed by atoms with Gasteiger partial charge in [-0.2, -0.15) is 5.10 Å². The predicted molar refractivity (Wildman–Crippen MR) is 107 cm³/mol. The van der Waals surface area contributed by atoms with Crippen LogP contribution in [0.4, 0.5) is 4.39 Å². The van der Waals surface area contributed by atoms with Crippen molar-refractivity contribution in [3.63, 3.8) is 0 Å². The van der Waals surface area contributed by atoms with Crippen LogP contribution in [-0.2, 0) is 0 Å². The minimum atomic E-state index is -0.151. The molecule has 2 atom stereocenters. The molecule has 4 rings (SSSR count). The molecule has 4 heteroatoms. The van der Waals surface area contributed by atoms with E-state index in [0.717, 1.165) is 25.9 Å². The Balaban J connectivity index is 0.000000948. The molecule has 1 saturated heterocycles. The van der Waals surface area contributed by atoms with E-state index in [0.29, 0.717) is 18.0 Å². The van der Waals surface area contributed by atoms with Gasteiger partial charge in [-0.15, -0.1) is 0 Å². The number of nitrogens with zero attached hydrogens (tertiary/aromatic N) is 2. The van der Waals surface area contributed by atoms with Crippen LogP contribution >= 0.6 is 0 Å². The van der Waals surface area contributed by atoms with Crippen molar-refractivity contribution in [1.82, 2.24) is 10.3 Å². The van der Waals surface area contributed by atoms with E-state index < -0.39 is 0 Å². The number of rotatable bonds is 2. The van der Waals surface area contributed by atoms with Crippen molar-refractivity contribution in [1.29, 1.82) is 0 Å². The summed E-state index contributed by atoms with van der Waals surface area (Å²) in [7, 11) is 0. The van der Waals surface area contributed by atoms with Gasteiger partial charge in [0.1, 0.15) is 5.82 Å². The summed E-state index contributed by atoms with van der Waals surface area (Å²) in [4.78, 5) is 0. The predicted octanol–water partition coefficient (Wildman–Crippen LogP) is 5.29. The number of hydrogen-bond donors (Lipinski definition) is 1. The molecular formula is C22H34FN3. The van der Waals surface area contributed by atoms with Crippen LogP contribution in [-0.4, -0.2) is 29.9 Å². The van der Waals surface area contributed by atoms with Crippen molar-refractivity contribution in [3.8, 4) is 0 Å². The van der Waals surface area contributed by atoms with Gasteiger partial charge in [0.25, 0.3) is 0 Å². The maximum atomic E-state index is 13.4. The van der Waals surface area contributed by atoms with Gasteiger partial charge in [0.2, 0.25) is 0 Å². The Hall–Kier alpha value is -1.42. The smallest absolute Gasteiger partial charge is 0.123 e. The molecule has 26 heavy (non-hydrogen) atoms. The van der Waals surface area contributed by atoms with Crippen LogP contribution in [0, 0.1) is 11.7 Å². The summed E-state index contributed by atoms with van der Waals surface area (Å²) < 4.78 is 13.4. The number of hydrazone groups is 1. The van der Waals surface area contributed by atoms with Crippen LogP contribution in [0.25, 0.3) is 0 Å². The van der Waals surface area contributed by atoms with E-state index in [2.05, 4.69) is 10.3 Å². The van der Waals surface area contributed by atoms with E-state index in [1.165, 1.54) is 49.8 Å². The number of benzene rings is 1. The Kier molecular flexibility index (Phi) is 7.07. The molecule has 0 amide bonds. The normalized spacial score (nSPS) is 26.9. The van der Waals surface area contributed by atoms with Gasteiger partial charge in [-0.25, -0.2) is 4.39 Å². The van der Waals surface area contributed by atoms with E-state index in [1.54, 1.807) is 12.1 Å². The molecule has 2 heterocycles. The molecule has 0 radical (unpaired) electrons. The van der Waals surface area contributed by atoms with Crippen LogP contribution in [0.15, 0.2) is 29.4 Å². The summed E-state index contributed by atoms with van der Waals surface area (Å²) in [5.41, 5.74) is 2.62. The first-order chi connectivity index (χ1) is 12.8. The highest BCUT2D eigenvalue weighted by Gasteiger charge is 2.36. The van der Waals surface area contributed by atoms with Crippen LogP contribution < -0.4 is 5.32 Å². The quantitative estimate of drug-likeness (QED) is 0.777. The maximum absolute atomic E-state index is 13.4. The molecule has 1 aliphatic carbocycles. The molecule has 0 spiro atoms. The standard InChI is InChI=1S/C20H28FN3.C2H6/c21-17-8-6-15(7-9-17)20-14-16-10-12-22-13-11-19(16)23-24(20)18-4-2-1-3-5-18;1-2/h6-9,16,18,20,22H,1-5,10-14H2;1-2H3.